The third-order valence-corrected chi connectivity index (χ3v) is 3.41. The Hall–Kier alpha value is -1.22. The lowest BCUT2D eigenvalue weighted by Crippen LogP contribution is -2.31. The van der Waals surface area contributed by atoms with E-state index >= 15 is 0 Å². The molecule has 0 bridgehead atoms. The van der Waals surface area contributed by atoms with Gasteiger partial charge in [-0.25, -0.2) is 0 Å². The monoisotopic (exact) mass is 266 g/mol. The second-order valence-corrected chi connectivity index (χ2v) is 5.09. The van der Waals surface area contributed by atoms with Gasteiger partial charge in [0.1, 0.15) is 0 Å². The smallest absolute Gasteiger partial charge is 0.160 e. The molecule has 0 heterocycles. The molecule has 0 saturated heterocycles. The maximum Gasteiger partial charge on any atom is 0.160 e. The maximum atomic E-state index is 10.7. The van der Waals surface area contributed by atoms with Crippen LogP contribution in [0.25, 0.3) is 0 Å². The fourth-order valence-corrected chi connectivity index (χ4v) is 2.60. The largest absolute Gasteiger partial charge is 0.493 e. The zero-order valence-corrected chi connectivity index (χ0v) is 12.5. The van der Waals surface area contributed by atoms with Gasteiger partial charge in [0, 0.05) is 6.42 Å². The van der Waals surface area contributed by atoms with E-state index in [-0.39, 0.29) is 0 Å². The second kappa shape index (κ2) is 7.39. The first-order valence-corrected chi connectivity index (χ1v) is 7.01. The Balaban J connectivity index is 2.90. The molecule has 108 valence electrons. The van der Waals surface area contributed by atoms with Gasteiger partial charge in [-0.15, -0.1) is 0 Å². The van der Waals surface area contributed by atoms with Gasteiger partial charge in [-0.3, -0.25) is 0 Å². The maximum absolute atomic E-state index is 10.7. The van der Waals surface area contributed by atoms with Gasteiger partial charge >= 0.3 is 0 Å². The van der Waals surface area contributed by atoms with E-state index in [0.717, 1.165) is 42.7 Å². The van der Waals surface area contributed by atoms with Crippen LogP contribution in [-0.4, -0.2) is 24.9 Å². The van der Waals surface area contributed by atoms with E-state index in [1.807, 2.05) is 18.2 Å². The van der Waals surface area contributed by atoms with Crippen LogP contribution in [0, 0.1) is 0 Å². The van der Waals surface area contributed by atoms with Crippen LogP contribution in [0.5, 0.6) is 11.5 Å². The molecular formula is C16H26O3. The van der Waals surface area contributed by atoms with Gasteiger partial charge < -0.3 is 14.6 Å². The van der Waals surface area contributed by atoms with Crippen molar-refractivity contribution in [3.63, 3.8) is 0 Å². The standard InChI is InChI=1S/C16H26O3/c1-5-9-16(17,10-6-2)12-13-7-8-14(18-3)15(11-13)19-4/h7-8,11,17H,5-6,9-10,12H2,1-4H3. The molecule has 0 radical (unpaired) electrons. The van der Waals surface area contributed by atoms with Gasteiger partial charge in [-0.1, -0.05) is 32.8 Å². The highest BCUT2D eigenvalue weighted by Gasteiger charge is 2.25. The topological polar surface area (TPSA) is 38.7 Å². The Morgan fingerprint density at radius 3 is 2.05 bits per heavy atom. The molecule has 0 aromatic heterocycles. The van der Waals surface area contributed by atoms with E-state index in [1.165, 1.54) is 0 Å². The molecule has 0 aliphatic rings. The highest BCUT2D eigenvalue weighted by Crippen LogP contribution is 2.31. The number of methoxy groups -OCH3 is 2. The molecule has 3 heteroatoms. The molecule has 1 N–H and O–H groups in total. The third-order valence-electron chi connectivity index (χ3n) is 3.41. The molecule has 0 saturated carbocycles. The number of hydrogen-bond donors (Lipinski definition) is 1. The molecule has 0 aliphatic carbocycles. The first-order chi connectivity index (χ1) is 9.08. The average Bonchev–Trinajstić information content (AvgIpc) is 2.38. The molecule has 1 rings (SSSR count). The molecule has 1 aromatic rings. The lowest BCUT2D eigenvalue weighted by Gasteiger charge is -2.28. The normalized spacial score (nSPS) is 11.4. The average molecular weight is 266 g/mol. The lowest BCUT2D eigenvalue weighted by atomic mass is 9.86. The van der Waals surface area contributed by atoms with Crippen molar-refractivity contribution in [1.82, 2.24) is 0 Å². The Kier molecular flexibility index (Phi) is 6.16. The van der Waals surface area contributed by atoms with Crippen LogP contribution in [0.15, 0.2) is 18.2 Å². The summed E-state index contributed by atoms with van der Waals surface area (Å²) in [6.45, 7) is 4.21. The van der Waals surface area contributed by atoms with Crippen molar-refractivity contribution in [2.75, 3.05) is 14.2 Å². The molecule has 0 amide bonds. The van der Waals surface area contributed by atoms with Crippen molar-refractivity contribution in [2.24, 2.45) is 0 Å². The second-order valence-electron chi connectivity index (χ2n) is 5.09. The first kappa shape index (κ1) is 15.8. The Bertz CT molecular complexity index is 382. The fourth-order valence-electron chi connectivity index (χ4n) is 2.60. The first-order valence-electron chi connectivity index (χ1n) is 7.01. The number of rotatable bonds is 8. The molecule has 1 aromatic carbocycles. The lowest BCUT2D eigenvalue weighted by molar-refractivity contribution is 0.0216. The molecule has 3 nitrogen and oxygen atoms in total. The third kappa shape index (κ3) is 4.43. The van der Waals surface area contributed by atoms with Gasteiger partial charge in [-0.2, -0.15) is 0 Å². The van der Waals surface area contributed by atoms with Crippen molar-refractivity contribution < 1.29 is 14.6 Å². The highest BCUT2D eigenvalue weighted by molar-refractivity contribution is 5.43. The predicted octanol–water partition coefficient (Wildman–Crippen LogP) is 3.58. The van der Waals surface area contributed by atoms with Crippen molar-refractivity contribution in [3.05, 3.63) is 23.8 Å². The minimum absolute atomic E-state index is 0.608. The minimum atomic E-state index is -0.608. The predicted molar refractivity (Wildman–Crippen MR) is 78.0 cm³/mol. The molecule has 0 unspecified atom stereocenters. The summed E-state index contributed by atoms with van der Waals surface area (Å²) in [4.78, 5) is 0. The quantitative estimate of drug-likeness (QED) is 0.781. The minimum Gasteiger partial charge on any atom is -0.493 e. The van der Waals surface area contributed by atoms with Crippen LogP contribution >= 0.6 is 0 Å². The fraction of sp³-hybridized carbons (Fsp3) is 0.625. The van der Waals surface area contributed by atoms with Crippen LogP contribution in [0.1, 0.15) is 45.1 Å². The highest BCUT2D eigenvalue weighted by atomic mass is 16.5. The molecule has 19 heavy (non-hydrogen) atoms. The number of ether oxygens (including phenoxy) is 2. The van der Waals surface area contributed by atoms with E-state index in [0.29, 0.717) is 6.42 Å². The summed E-state index contributed by atoms with van der Waals surface area (Å²) in [6.07, 6.45) is 4.30. The molecule has 0 spiro atoms. The number of benzene rings is 1. The SMILES string of the molecule is CCCC(O)(CCC)Cc1ccc(OC)c(OC)c1. The van der Waals surface area contributed by atoms with E-state index in [1.54, 1.807) is 14.2 Å². The summed E-state index contributed by atoms with van der Waals surface area (Å²) in [5, 5.41) is 10.7. The zero-order valence-electron chi connectivity index (χ0n) is 12.5. The van der Waals surface area contributed by atoms with E-state index in [2.05, 4.69) is 13.8 Å². The van der Waals surface area contributed by atoms with Gasteiger partial charge in [0.2, 0.25) is 0 Å². The van der Waals surface area contributed by atoms with Crippen molar-refractivity contribution >= 4 is 0 Å². The van der Waals surface area contributed by atoms with Crippen molar-refractivity contribution in [3.8, 4) is 11.5 Å². The van der Waals surface area contributed by atoms with Crippen LogP contribution in [0.3, 0.4) is 0 Å². The van der Waals surface area contributed by atoms with Crippen LogP contribution in [-0.2, 0) is 6.42 Å². The summed E-state index contributed by atoms with van der Waals surface area (Å²) in [5.41, 5.74) is 0.477. The molecular weight excluding hydrogens is 240 g/mol. The zero-order chi connectivity index (χ0) is 14.3. The van der Waals surface area contributed by atoms with Crippen molar-refractivity contribution in [1.29, 1.82) is 0 Å². The van der Waals surface area contributed by atoms with Gasteiger partial charge in [-0.05, 0) is 30.5 Å². The molecule has 0 fully saturated rings. The Morgan fingerprint density at radius 2 is 1.58 bits per heavy atom. The number of hydrogen-bond acceptors (Lipinski definition) is 3. The summed E-state index contributed by atoms with van der Waals surface area (Å²) in [6, 6.07) is 5.85. The molecule has 0 atom stereocenters. The summed E-state index contributed by atoms with van der Waals surface area (Å²) in [5.74, 6) is 1.44. The number of aliphatic hydroxyl groups is 1. The van der Waals surface area contributed by atoms with Crippen LogP contribution < -0.4 is 9.47 Å². The van der Waals surface area contributed by atoms with E-state index < -0.39 is 5.60 Å². The van der Waals surface area contributed by atoms with Crippen LogP contribution in [0.4, 0.5) is 0 Å². The van der Waals surface area contributed by atoms with Gasteiger partial charge in [0.15, 0.2) is 11.5 Å². The Morgan fingerprint density at radius 1 is 1.00 bits per heavy atom. The summed E-state index contributed by atoms with van der Waals surface area (Å²) >= 11 is 0. The summed E-state index contributed by atoms with van der Waals surface area (Å²) in [7, 11) is 3.26. The summed E-state index contributed by atoms with van der Waals surface area (Å²) < 4.78 is 10.5. The van der Waals surface area contributed by atoms with E-state index in [9.17, 15) is 5.11 Å². The van der Waals surface area contributed by atoms with Gasteiger partial charge in [0.05, 0.1) is 19.8 Å². The van der Waals surface area contributed by atoms with E-state index in [4.69, 9.17) is 9.47 Å². The Labute approximate surface area is 116 Å². The van der Waals surface area contributed by atoms with Crippen molar-refractivity contribution in [2.45, 2.75) is 51.6 Å². The van der Waals surface area contributed by atoms with Gasteiger partial charge in [0.25, 0.3) is 0 Å². The molecule has 0 aliphatic heterocycles. The van der Waals surface area contributed by atoms with Crippen LogP contribution in [0.2, 0.25) is 0 Å².